The first kappa shape index (κ1) is 21.8. The first-order valence-corrected chi connectivity index (χ1v) is 11.1. The number of hydrogen-bond acceptors (Lipinski definition) is 3. The summed E-state index contributed by atoms with van der Waals surface area (Å²) < 4.78 is 0. The second-order valence-corrected chi connectivity index (χ2v) is 9.91. The lowest BCUT2D eigenvalue weighted by Gasteiger charge is -2.44. The molecule has 0 aromatic heterocycles. The van der Waals surface area contributed by atoms with Crippen molar-refractivity contribution < 1.29 is 9.59 Å². The molecule has 1 N–H and O–H groups in total. The molecule has 3 rings (SSSR count). The van der Waals surface area contributed by atoms with Gasteiger partial charge in [0.05, 0.1) is 0 Å². The second-order valence-electron chi connectivity index (χ2n) is 9.91. The van der Waals surface area contributed by atoms with Crippen LogP contribution in [-0.2, 0) is 0 Å². The van der Waals surface area contributed by atoms with Crippen LogP contribution >= 0.6 is 0 Å². The minimum atomic E-state index is -0.0823. The van der Waals surface area contributed by atoms with E-state index in [0.717, 1.165) is 25.9 Å². The lowest BCUT2D eigenvalue weighted by Crippen LogP contribution is -2.49. The number of nitrogens with zero attached hydrogens (tertiary/aromatic N) is 2. The van der Waals surface area contributed by atoms with Crippen LogP contribution in [-0.4, -0.2) is 61.4 Å². The lowest BCUT2D eigenvalue weighted by molar-refractivity contribution is 0.0390. The zero-order chi connectivity index (χ0) is 21.0. The van der Waals surface area contributed by atoms with Gasteiger partial charge in [0, 0.05) is 36.8 Å². The van der Waals surface area contributed by atoms with Gasteiger partial charge in [-0.05, 0) is 75.4 Å². The second kappa shape index (κ2) is 9.29. The average Bonchev–Trinajstić information content (AvgIpc) is 2.70. The van der Waals surface area contributed by atoms with Gasteiger partial charge in [-0.25, -0.2) is 0 Å². The van der Waals surface area contributed by atoms with Crippen LogP contribution in [0.1, 0.15) is 73.1 Å². The molecule has 0 radical (unpaired) electrons. The number of likely N-dealkylation sites (tertiary alicyclic amines) is 1. The van der Waals surface area contributed by atoms with Crippen molar-refractivity contribution in [2.45, 2.75) is 58.4 Å². The van der Waals surface area contributed by atoms with Crippen molar-refractivity contribution >= 4 is 11.8 Å². The van der Waals surface area contributed by atoms with Crippen LogP contribution in [0.15, 0.2) is 24.3 Å². The zero-order valence-electron chi connectivity index (χ0n) is 18.5. The molecule has 5 nitrogen and oxygen atoms in total. The normalized spacial score (nSPS) is 22.3. The average molecular weight is 400 g/mol. The minimum absolute atomic E-state index is 0.000133. The number of benzene rings is 1. The number of carbonyl (C=O) groups is 2. The molecule has 1 heterocycles. The molecule has 2 fully saturated rings. The molecule has 1 aliphatic heterocycles. The Morgan fingerprint density at radius 1 is 1.03 bits per heavy atom. The summed E-state index contributed by atoms with van der Waals surface area (Å²) >= 11 is 0. The number of nitrogens with one attached hydrogen (secondary N) is 1. The molecule has 1 saturated heterocycles. The molecule has 2 amide bonds. The number of piperidine rings is 1. The van der Waals surface area contributed by atoms with Crippen molar-refractivity contribution in [3.8, 4) is 0 Å². The highest BCUT2D eigenvalue weighted by Crippen LogP contribution is 2.35. The topological polar surface area (TPSA) is 52.7 Å². The van der Waals surface area contributed by atoms with Crippen LogP contribution in [0, 0.1) is 11.3 Å². The highest BCUT2D eigenvalue weighted by atomic mass is 16.2. The Kier molecular flexibility index (Phi) is 6.99. The quantitative estimate of drug-likeness (QED) is 0.792. The summed E-state index contributed by atoms with van der Waals surface area (Å²) in [5.41, 5.74) is 1.30. The molecule has 2 atom stereocenters. The third kappa shape index (κ3) is 5.59. The van der Waals surface area contributed by atoms with Gasteiger partial charge in [-0.1, -0.05) is 26.7 Å². The first-order valence-electron chi connectivity index (χ1n) is 11.1. The summed E-state index contributed by atoms with van der Waals surface area (Å²) in [5.74, 6) is 0.721. The van der Waals surface area contributed by atoms with Crippen molar-refractivity contribution in [2.75, 3.05) is 33.7 Å². The predicted molar refractivity (Wildman–Crippen MR) is 117 cm³/mol. The summed E-state index contributed by atoms with van der Waals surface area (Å²) in [6.07, 6.45) is 7.30. The Labute approximate surface area is 175 Å². The van der Waals surface area contributed by atoms with E-state index in [9.17, 15) is 9.59 Å². The molecule has 1 aliphatic carbocycles. The highest BCUT2D eigenvalue weighted by Gasteiger charge is 2.35. The van der Waals surface area contributed by atoms with Gasteiger partial charge in [0.25, 0.3) is 11.8 Å². The molecule has 1 aromatic rings. The number of hydrogen-bond donors (Lipinski definition) is 1. The summed E-state index contributed by atoms with van der Waals surface area (Å²) in [5, 5.41) is 3.03. The van der Waals surface area contributed by atoms with Crippen molar-refractivity contribution in [1.29, 1.82) is 0 Å². The number of amides is 2. The largest absolute Gasteiger partial charge is 0.351 e. The number of fused-ring (bicyclic) bond motifs is 1. The third-order valence-corrected chi connectivity index (χ3v) is 6.37. The Bertz CT molecular complexity index is 709. The Morgan fingerprint density at radius 3 is 2.34 bits per heavy atom. The maximum atomic E-state index is 13.1. The van der Waals surface area contributed by atoms with Crippen molar-refractivity contribution in [2.24, 2.45) is 11.3 Å². The van der Waals surface area contributed by atoms with Crippen LogP contribution in [0.3, 0.4) is 0 Å². The molecule has 1 aromatic carbocycles. The fraction of sp³-hybridized carbons (Fsp3) is 0.667. The van der Waals surface area contributed by atoms with Gasteiger partial charge in [-0.2, -0.15) is 0 Å². The van der Waals surface area contributed by atoms with E-state index in [1.807, 2.05) is 26.2 Å². The van der Waals surface area contributed by atoms with Crippen LogP contribution in [0.2, 0.25) is 0 Å². The summed E-state index contributed by atoms with van der Waals surface area (Å²) in [6, 6.07) is 7.60. The Balaban J connectivity index is 1.60. The van der Waals surface area contributed by atoms with Gasteiger partial charge in [0.15, 0.2) is 0 Å². The van der Waals surface area contributed by atoms with Crippen LogP contribution in [0.25, 0.3) is 0 Å². The van der Waals surface area contributed by atoms with E-state index >= 15 is 0 Å². The zero-order valence-corrected chi connectivity index (χ0v) is 18.5. The van der Waals surface area contributed by atoms with E-state index in [2.05, 4.69) is 29.0 Å². The fourth-order valence-electron chi connectivity index (χ4n) is 5.14. The molecule has 29 heavy (non-hydrogen) atoms. The van der Waals surface area contributed by atoms with Gasteiger partial charge >= 0.3 is 0 Å². The van der Waals surface area contributed by atoms with E-state index in [1.54, 1.807) is 12.1 Å². The number of carbonyl (C=O) groups excluding carboxylic acids is 2. The van der Waals surface area contributed by atoms with E-state index in [4.69, 9.17) is 0 Å². The van der Waals surface area contributed by atoms with Gasteiger partial charge in [0.2, 0.25) is 0 Å². The molecule has 5 heteroatoms. The number of rotatable bonds is 6. The van der Waals surface area contributed by atoms with E-state index in [0.29, 0.717) is 29.6 Å². The maximum Gasteiger partial charge on any atom is 0.254 e. The standard InChI is InChI=1S/C24H37N3O2/c1-24(2,17-26(3)4)16-25-22(28)19-11-13-20(14-12-19)23(29)27-15-7-9-18-8-5-6-10-21(18)27/h11-14,18,21H,5-10,15-17H2,1-4H3,(H,25,28)/t18-,21-/m0/s1. The monoisotopic (exact) mass is 399 g/mol. The first-order chi connectivity index (χ1) is 13.8. The molecular weight excluding hydrogens is 362 g/mol. The maximum absolute atomic E-state index is 13.1. The van der Waals surface area contributed by atoms with Gasteiger partial charge < -0.3 is 15.1 Å². The van der Waals surface area contributed by atoms with E-state index in [1.165, 1.54) is 25.7 Å². The van der Waals surface area contributed by atoms with E-state index in [-0.39, 0.29) is 17.2 Å². The molecule has 1 saturated carbocycles. The molecular formula is C24H37N3O2. The van der Waals surface area contributed by atoms with Crippen LogP contribution in [0.5, 0.6) is 0 Å². The molecule has 0 spiro atoms. The smallest absolute Gasteiger partial charge is 0.254 e. The van der Waals surface area contributed by atoms with Gasteiger partial charge in [-0.3, -0.25) is 9.59 Å². The van der Waals surface area contributed by atoms with Gasteiger partial charge in [0.1, 0.15) is 0 Å². The minimum Gasteiger partial charge on any atom is -0.351 e. The molecule has 0 bridgehead atoms. The Morgan fingerprint density at radius 2 is 1.66 bits per heavy atom. The molecule has 0 unspecified atom stereocenters. The summed E-state index contributed by atoms with van der Waals surface area (Å²) in [7, 11) is 4.08. The van der Waals surface area contributed by atoms with Crippen molar-refractivity contribution in [3.63, 3.8) is 0 Å². The lowest BCUT2D eigenvalue weighted by atomic mass is 9.78. The van der Waals surface area contributed by atoms with E-state index < -0.39 is 0 Å². The predicted octanol–water partition coefficient (Wildman–Crippen LogP) is 3.80. The van der Waals surface area contributed by atoms with Crippen LogP contribution in [0.4, 0.5) is 0 Å². The Hall–Kier alpha value is -1.88. The summed E-state index contributed by atoms with van der Waals surface area (Å²) in [4.78, 5) is 29.9. The summed E-state index contributed by atoms with van der Waals surface area (Å²) in [6.45, 7) is 6.67. The third-order valence-electron chi connectivity index (χ3n) is 6.37. The van der Waals surface area contributed by atoms with Crippen molar-refractivity contribution in [1.82, 2.24) is 15.1 Å². The fourth-order valence-corrected chi connectivity index (χ4v) is 5.14. The SMILES string of the molecule is CN(C)CC(C)(C)CNC(=O)c1ccc(C(=O)N2CCC[C@@H]3CCCC[C@@H]32)cc1. The molecule has 2 aliphatic rings. The van der Waals surface area contributed by atoms with Gasteiger partial charge in [-0.15, -0.1) is 0 Å². The van der Waals surface area contributed by atoms with Crippen molar-refractivity contribution in [3.05, 3.63) is 35.4 Å². The highest BCUT2D eigenvalue weighted by molar-refractivity contribution is 5.98. The molecule has 160 valence electrons. The van der Waals surface area contributed by atoms with Crippen LogP contribution < -0.4 is 5.32 Å².